The van der Waals surface area contributed by atoms with Crippen LogP contribution in [0.15, 0.2) is 54.6 Å². The number of nitrogens with two attached hydrogens (primary N) is 1. The van der Waals surface area contributed by atoms with Crippen LogP contribution >= 0.6 is 11.6 Å². The minimum Gasteiger partial charge on any atom is -0.399 e. The van der Waals surface area contributed by atoms with E-state index in [-0.39, 0.29) is 5.91 Å². The second-order valence-electron chi connectivity index (χ2n) is 4.82. The van der Waals surface area contributed by atoms with Gasteiger partial charge in [-0.25, -0.2) is 0 Å². The Balaban J connectivity index is 1.97. The zero-order valence-corrected chi connectivity index (χ0v) is 12.5. The third kappa shape index (κ3) is 4.65. The number of nitrogens with zero attached hydrogens (tertiary/aromatic N) is 1. The Morgan fingerprint density at radius 3 is 2.62 bits per heavy atom. The van der Waals surface area contributed by atoms with Crippen molar-refractivity contribution in [2.45, 2.75) is 6.54 Å². The van der Waals surface area contributed by atoms with Crippen LogP contribution in [0.4, 0.5) is 5.69 Å². The Labute approximate surface area is 129 Å². The molecule has 1 amide bonds. The standard InChI is InChI=1S/C17H17ClN2O/c1-20(12-14-5-8-15(18)9-6-14)17(21)10-7-13-3-2-4-16(19)11-13/h2-11H,12,19H2,1H3/b10-7+. The van der Waals surface area contributed by atoms with Gasteiger partial charge < -0.3 is 10.6 Å². The lowest BCUT2D eigenvalue weighted by atomic mass is 10.2. The number of hydrogen-bond acceptors (Lipinski definition) is 2. The molecular formula is C17H17ClN2O. The van der Waals surface area contributed by atoms with Crippen LogP contribution in [0.2, 0.25) is 5.02 Å². The summed E-state index contributed by atoms with van der Waals surface area (Å²) in [6, 6.07) is 14.8. The van der Waals surface area contributed by atoms with Crippen molar-refractivity contribution < 1.29 is 4.79 Å². The molecule has 0 saturated carbocycles. The van der Waals surface area contributed by atoms with E-state index in [2.05, 4.69) is 0 Å². The van der Waals surface area contributed by atoms with Crippen molar-refractivity contribution in [3.63, 3.8) is 0 Å². The first-order valence-electron chi connectivity index (χ1n) is 6.58. The van der Waals surface area contributed by atoms with Gasteiger partial charge in [-0.05, 0) is 41.5 Å². The number of halogens is 1. The van der Waals surface area contributed by atoms with Gasteiger partial charge in [0, 0.05) is 30.4 Å². The van der Waals surface area contributed by atoms with Crippen molar-refractivity contribution in [3.8, 4) is 0 Å². The number of amides is 1. The minimum absolute atomic E-state index is 0.0626. The molecule has 0 atom stereocenters. The van der Waals surface area contributed by atoms with Crippen LogP contribution < -0.4 is 5.73 Å². The molecule has 0 bridgehead atoms. The highest BCUT2D eigenvalue weighted by Crippen LogP contribution is 2.12. The van der Waals surface area contributed by atoms with Crippen molar-refractivity contribution in [2.24, 2.45) is 0 Å². The highest BCUT2D eigenvalue weighted by Gasteiger charge is 2.05. The molecule has 2 N–H and O–H groups in total. The number of likely N-dealkylation sites (N-methyl/N-ethyl adjacent to an activating group) is 1. The molecule has 0 radical (unpaired) electrons. The molecule has 0 heterocycles. The Morgan fingerprint density at radius 1 is 1.24 bits per heavy atom. The fourth-order valence-electron chi connectivity index (χ4n) is 1.90. The third-order valence-corrected chi connectivity index (χ3v) is 3.29. The molecule has 0 aliphatic heterocycles. The van der Waals surface area contributed by atoms with Gasteiger partial charge in [-0.3, -0.25) is 4.79 Å². The van der Waals surface area contributed by atoms with Crippen LogP contribution in [-0.4, -0.2) is 17.9 Å². The van der Waals surface area contributed by atoms with E-state index in [0.29, 0.717) is 17.3 Å². The van der Waals surface area contributed by atoms with Crippen LogP contribution in [0.3, 0.4) is 0 Å². The van der Waals surface area contributed by atoms with Gasteiger partial charge >= 0.3 is 0 Å². The van der Waals surface area contributed by atoms with Gasteiger partial charge in [0.1, 0.15) is 0 Å². The number of nitrogen functional groups attached to an aromatic ring is 1. The predicted octanol–water partition coefficient (Wildman–Crippen LogP) is 3.59. The summed E-state index contributed by atoms with van der Waals surface area (Å²) in [7, 11) is 1.76. The summed E-state index contributed by atoms with van der Waals surface area (Å²) in [5.41, 5.74) is 8.32. The quantitative estimate of drug-likeness (QED) is 0.693. The second-order valence-corrected chi connectivity index (χ2v) is 5.26. The number of benzene rings is 2. The molecule has 2 aromatic carbocycles. The Morgan fingerprint density at radius 2 is 1.95 bits per heavy atom. The average molecular weight is 301 g/mol. The summed E-state index contributed by atoms with van der Waals surface area (Å²) in [6.07, 6.45) is 3.31. The number of carbonyl (C=O) groups excluding carboxylic acids is 1. The second kappa shape index (κ2) is 6.95. The molecule has 0 fully saturated rings. The highest BCUT2D eigenvalue weighted by molar-refractivity contribution is 6.30. The SMILES string of the molecule is CN(Cc1ccc(Cl)cc1)C(=O)/C=C/c1cccc(N)c1. The molecule has 0 spiro atoms. The first kappa shape index (κ1) is 15.1. The molecule has 0 unspecified atom stereocenters. The zero-order chi connectivity index (χ0) is 15.2. The van der Waals surface area contributed by atoms with Gasteiger partial charge in [-0.2, -0.15) is 0 Å². The Bertz CT molecular complexity index is 650. The van der Waals surface area contributed by atoms with E-state index >= 15 is 0 Å². The number of hydrogen-bond donors (Lipinski definition) is 1. The molecule has 0 aliphatic rings. The first-order valence-corrected chi connectivity index (χ1v) is 6.95. The summed E-state index contributed by atoms with van der Waals surface area (Å²) in [5.74, 6) is -0.0626. The molecule has 2 aromatic rings. The lowest BCUT2D eigenvalue weighted by Crippen LogP contribution is -2.24. The monoisotopic (exact) mass is 300 g/mol. The Hall–Kier alpha value is -2.26. The van der Waals surface area contributed by atoms with Gasteiger partial charge in [-0.15, -0.1) is 0 Å². The first-order chi connectivity index (χ1) is 10.0. The van der Waals surface area contributed by atoms with E-state index in [4.69, 9.17) is 17.3 Å². The summed E-state index contributed by atoms with van der Waals surface area (Å²) in [5, 5.41) is 0.689. The van der Waals surface area contributed by atoms with E-state index in [0.717, 1.165) is 11.1 Å². The molecular weight excluding hydrogens is 284 g/mol. The molecule has 4 heteroatoms. The normalized spacial score (nSPS) is 10.8. The largest absolute Gasteiger partial charge is 0.399 e. The van der Waals surface area contributed by atoms with E-state index in [1.54, 1.807) is 24.1 Å². The summed E-state index contributed by atoms with van der Waals surface area (Å²) in [4.78, 5) is 13.7. The summed E-state index contributed by atoms with van der Waals surface area (Å²) < 4.78 is 0. The lowest BCUT2D eigenvalue weighted by Gasteiger charge is -2.15. The molecule has 0 aromatic heterocycles. The average Bonchev–Trinajstić information content (AvgIpc) is 2.47. The maximum absolute atomic E-state index is 12.1. The highest BCUT2D eigenvalue weighted by atomic mass is 35.5. The lowest BCUT2D eigenvalue weighted by molar-refractivity contribution is -0.125. The van der Waals surface area contributed by atoms with E-state index in [1.165, 1.54) is 0 Å². The van der Waals surface area contributed by atoms with Crippen molar-refractivity contribution in [1.82, 2.24) is 4.90 Å². The minimum atomic E-state index is -0.0626. The summed E-state index contributed by atoms with van der Waals surface area (Å²) >= 11 is 5.84. The molecule has 21 heavy (non-hydrogen) atoms. The molecule has 2 rings (SSSR count). The van der Waals surface area contributed by atoms with Crippen molar-refractivity contribution in [3.05, 3.63) is 70.8 Å². The van der Waals surface area contributed by atoms with Gasteiger partial charge in [0.05, 0.1) is 0 Å². The fraction of sp³-hybridized carbons (Fsp3) is 0.118. The number of anilines is 1. The summed E-state index contributed by atoms with van der Waals surface area (Å²) in [6.45, 7) is 0.539. The fourth-order valence-corrected chi connectivity index (χ4v) is 2.03. The molecule has 0 aliphatic carbocycles. The maximum atomic E-state index is 12.1. The zero-order valence-electron chi connectivity index (χ0n) is 11.8. The van der Waals surface area contributed by atoms with Crippen LogP contribution in [0.1, 0.15) is 11.1 Å². The topological polar surface area (TPSA) is 46.3 Å². The predicted molar refractivity (Wildman–Crippen MR) is 87.8 cm³/mol. The van der Waals surface area contributed by atoms with Gasteiger partial charge in [0.2, 0.25) is 5.91 Å². The Kier molecular flexibility index (Phi) is 5.01. The smallest absolute Gasteiger partial charge is 0.246 e. The number of carbonyl (C=O) groups is 1. The van der Waals surface area contributed by atoms with Crippen molar-refractivity contribution >= 4 is 29.3 Å². The van der Waals surface area contributed by atoms with E-state index < -0.39 is 0 Å². The van der Waals surface area contributed by atoms with Gasteiger partial charge in [0.25, 0.3) is 0 Å². The van der Waals surface area contributed by atoms with Crippen LogP contribution in [-0.2, 0) is 11.3 Å². The van der Waals surface area contributed by atoms with Crippen LogP contribution in [0.25, 0.3) is 6.08 Å². The van der Waals surface area contributed by atoms with Crippen molar-refractivity contribution in [1.29, 1.82) is 0 Å². The van der Waals surface area contributed by atoms with Gasteiger partial charge in [0.15, 0.2) is 0 Å². The number of rotatable bonds is 4. The van der Waals surface area contributed by atoms with E-state index in [9.17, 15) is 4.79 Å². The third-order valence-electron chi connectivity index (χ3n) is 3.04. The van der Waals surface area contributed by atoms with Crippen LogP contribution in [0.5, 0.6) is 0 Å². The molecule has 108 valence electrons. The molecule has 3 nitrogen and oxygen atoms in total. The maximum Gasteiger partial charge on any atom is 0.246 e. The van der Waals surface area contributed by atoms with Crippen molar-refractivity contribution in [2.75, 3.05) is 12.8 Å². The van der Waals surface area contributed by atoms with E-state index in [1.807, 2.05) is 48.5 Å². The van der Waals surface area contributed by atoms with Gasteiger partial charge in [-0.1, -0.05) is 35.9 Å². The molecule has 0 saturated heterocycles. The van der Waals surface area contributed by atoms with Crippen LogP contribution in [0, 0.1) is 0 Å².